The summed E-state index contributed by atoms with van der Waals surface area (Å²) >= 11 is 0. The second-order valence-corrected chi connectivity index (χ2v) is 3.05. The summed E-state index contributed by atoms with van der Waals surface area (Å²) in [5.41, 5.74) is 0. The minimum atomic E-state index is 0.907. The fourth-order valence-corrected chi connectivity index (χ4v) is 1.42. The quantitative estimate of drug-likeness (QED) is 0.521. The molecule has 1 saturated carbocycles. The maximum absolute atomic E-state index is 3.71. The lowest BCUT2D eigenvalue weighted by Gasteiger charge is -1.89. The van der Waals surface area contributed by atoms with Crippen LogP contribution in [0.2, 0.25) is 0 Å². The van der Waals surface area contributed by atoms with Gasteiger partial charge in [-0.15, -0.1) is 6.58 Å². The minimum Gasteiger partial charge on any atom is -0.103 e. The van der Waals surface area contributed by atoms with E-state index >= 15 is 0 Å². The van der Waals surface area contributed by atoms with Crippen LogP contribution in [0.3, 0.4) is 0 Å². The zero-order valence-electron chi connectivity index (χ0n) is 6.72. The molecule has 0 aromatic carbocycles. The van der Waals surface area contributed by atoms with Crippen molar-refractivity contribution in [2.24, 2.45) is 11.8 Å². The highest BCUT2D eigenvalue weighted by Crippen LogP contribution is 2.42. The molecule has 0 saturated heterocycles. The van der Waals surface area contributed by atoms with Crippen molar-refractivity contribution >= 4 is 0 Å². The van der Waals surface area contributed by atoms with Crippen LogP contribution in [0.25, 0.3) is 0 Å². The van der Waals surface area contributed by atoms with Crippen LogP contribution in [-0.2, 0) is 0 Å². The van der Waals surface area contributed by atoms with Crippen molar-refractivity contribution in [3.63, 3.8) is 0 Å². The van der Waals surface area contributed by atoms with Crippen LogP contribution in [0.1, 0.15) is 26.2 Å². The van der Waals surface area contributed by atoms with Gasteiger partial charge in [0, 0.05) is 0 Å². The van der Waals surface area contributed by atoms with Crippen molar-refractivity contribution < 1.29 is 0 Å². The van der Waals surface area contributed by atoms with E-state index in [1.807, 2.05) is 6.08 Å². The van der Waals surface area contributed by atoms with E-state index in [0.717, 1.165) is 11.8 Å². The molecule has 1 aliphatic rings. The first-order valence-electron chi connectivity index (χ1n) is 4.12. The van der Waals surface area contributed by atoms with Gasteiger partial charge in [0.1, 0.15) is 0 Å². The summed E-state index contributed by atoms with van der Waals surface area (Å²) in [5.74, 6) is 1.89. The zero-order chi connectivity index (χ0) is 7.40. The van der Waals surface area contributed by atoms with Crippen LogP contribution in [0, 0.1) is 11.8 Å². The third-order valence-corrected chi connectivity index (χ3v) is 2.16. The lowest BCUT2D eigenvalue weighted by Crippen LogP contribution is -1.77. The predicted octanol–water partition coefficient (Wildman–Crippen LogP) is 3.16. The molecule has 10 heavy (non-hydrogen) atoms. The Morgan fingerprint density at radius 1 is 1.60 bits per heavy atom. The number of hydrogen-bond acceptors (Lipinski definition) is 0. The summed E-state index contributed by atoms with van der Waals surface area (Å²) in [4.78, 5) is 0. The third-order valence-electron chi connectivity index (χ3n) is 2.16. The van der Waals surface area contributed by atoms with E-state index in [4.69, 9.17) is 0 Å². The molecule has 0 aromatic heterocycles. The lowest BCUT2D eigenvalue weighted by molar-refractivity contribution is 0.708. The van der Waals surface area contributed by atoms with Gasteiger partial charge in [-0.05, 0) is 38.0 Å². The Morgan fingerprint density at radius 2 is 2.40 bits per heavy atom. The summed E-state index contributed by atoms with van der Waals surface area (Å²) in [7, 11) is 0. The molecule has 0 aliphatic heterocycles. The van der Waals surface area contributed by atoms with E-state index in [-0.39, 0.29) is 0 Å². The fraction of sp³-hybridized carbons (Fsp3) is 0.600. The van der Waals surface area contributed by atoms with Gasteiger partial charge >= 0.3 is 0 Å². The molecule has 0 radical (unpaired) electrons. The molecule has 1 unspecified atom stereocenters. The van der Waals surface area contributed by atoms with Crippen molar-refractivity contribution in [2.75, 3.05) is 0 Å². The van der Waals surface area contributed by atoms with Gasteiger partial charge in [-0.3, -0.25) is 0 Å². The summed E-state index contributed by atoms with van der Waals surface area (Å²) in [6, 6.07) is 0. The second-order valence-electron chi connectivity index (χ2n) is 3.05. The summed E-state index contributed by atoms with van der Waals surface area (Å²) in [5, 5.41) is 0. The highest BCUT2D eigenvalue weighted by molar-refractivity contribution is 5.01. The van der Waals surface area contributed by atoms with Gasteiger partial charge in [0.2, 0.25) is 0 Å². The first-order chi connectivity index (χ1) is 4.88. The molecule has 2 atom stereocenters. The van der Waals surface area contributed by atoms with Crippen LogP contribution >= 0.6 is 0 Å². The largest absolute Gasteiger partial charge is 0.103 e. The first-order valence-corrected chi connectivity index (χ1v) is 4.12. The van der Waals surface area contributed by atoms with Crippen molar-refractivity contribution in [3.8, 4) is 0 Å². The van der Waals surface area contributed by atoms with Crippen LogP contribution in [0.5, 0.6) is 0 Å². The van der Waals surface area contributed by atoms with Crippen molar-refractivity contribution in [1.29, 1.82) is 0 Å². The van der Waals surface area contributed by atoms with Crippen LogP contribution in [0.15, 0.2) is 24.8 Å². The van der Waals surface area contributed by atoms with Gasteiger partial charge in [0.25, 0.3) is 0 Å². The van der Waals surface area contributed by atoms with Gasteiger partial charge in [-0.25, -0.2) is 0 Å². The molecule has 56 valence electrons. The highest BCUT2D eigenvalue weighted by atomic mass is 14.4. The molecule has 0 nitrogen and oxygen atoms in total. The summed E-state index contributed by atoms with van der Waals surface area (Å²) < 4.78 is 0. The number of rotatable bonds is 4. The minimum absolute atomic E-state index is 0.907. The standard InChI is InChI=1S/C10H16/c1-3-5-7-10-8-9(10)6-4-2/h3-4,6,9-10H,1,5,7-8H2,2H3/b6-4+/t9-,10?/m0/s1. The molecular formula is C10H16. The number of hydrogen-bond donors (Lipinski definition) is 0. The van der Waals surface area contributed by atoms with E-state index in [0.29, 0.717) is 0 Å². The van der Waals surface area contributed by atoms with E-state index in [9.17, 15) is 0 Å². The molecular weight excluding hydrogens is 120 g/mol. The Hall–Kier alpha value is -0.520. The van der Waals surface area contributed by atoms with Crippen molar-refractivity contribution in [1.82, 2.24) is 0 Å². The summed E-state index contributed by atoms with van der Waals surface area (Å²) in [6.07, 6.45) is 10.5. The molecule has 1 aliphatic carbocycles. The molecule has 1 rings (SSSR count). The molecule has 0 spiro atoms. The van der Waals surface area contributed by atoms with Crippen LogP contribution in [-0.4, -0.2) is 0 Å². The predicted molar refractivity (Wildman–Crippen MR) is 45.8 cm³/mol. The monoisotopic (exact) mass is 136 g/mol. The van der Waals surface area contributed by atoms with Gasteiger partial charge < -0.3 is 0 Å². The van der Waals surface area contributed by atoms with Crippen molar-refractivity contribution in [2.45, 2.75) is 26.2 Å². The Kier molecular flexibility index (Phi) is 2.73. The maximum Gasteiger partial charge on any atom is -0.0202 e. The molecule has 0 amide bonds. The average molecular weight is 136 g/mol. The van der Waals surface area contributed by atoms with Gasteiger partial charge in [-0.2, -0.15) is 0 Å². The normalized spacial score (nSPS) is 30.9. The Labute approximate surface area is 63.6 Å². The van der Waals surface area contributed by atoms with Gasteiger partial charge in [-0.1, -0.05) is 18.2 Å². The maximum atomic E-state index is 3.71. The Balaban J connectivity index is 2.07. The smallest absolute Gasteiger partial charge is 0.0202 e. The summed E-state index contributed by atoms with van der Waals surface area (Å²) in [6.45, 7) is 5.81. The molecule has 1 fully saturated rings. The first kappa shape index (κ1) is 7.59. The highest BCUT2D eigenvalue weighted by Gasteiger charge is 2.32. The van der Waals surface area contributed by atoms with E-state index in [1.165, 1.54) is 19.3 Å². The molecule has 0 bridgehead atoms. The van der Waals surface area contributed by atoms with Crippen LogP contribution < -0.4 is 0 Å². The number of allylic oxidation sites excluding steroid dienone is 3. The molecule has 0 heteroatoms. The zero-order valence-corrected chi connectivity index (χ0v) is 6.72. The molecule has 0 N–H and O–H groups in total. The molecule has 0 aromatic rings. The van der Waals surface area contributed by atoms with E-state index < -0.39 is 0 Å². The molecule has 0 heterocycles. The SMILES string of the molecule is C=CCCC1C[C@@H]1/C=C/C. The van der Waals surface area contributed by atoms with Crippen LogP contribution in [0.4, 0.5) is 0 Å². The Bertz CT molecular complexity index is 133. The Morgan fingerprint density at radius 3 is 3.00 bits per heavy atom. The average Bonchev–Trinajstić information content (AvgIpc) is 2.65. The fourth-order valence-electron chi connectivity index (χ4n) is 1.42. The second kappa shape index (κ2) is 3.60. The lowest BCUT2D eigenvalue weighted by atomic mass is 10.2. The van der Waals surface area contributed by atoms with E-state index in [1.54, 1.807) is 0 Å². The van der Waals surface area contributed by atoms with E-state index in [2.05, 4.69) is 25.7 Å². The van der Waals surface area contributed by atoms with Gasteiger partial charge in [0.15, 0.2) is 0 Å². The topological polar surface area (TPSA) is 0 Å². The third kappa shape index (κ3) is 2.02. The van der Waals surface area contributed by atoms with Crippen molar-refractivity contribution in [3.05, 3.63) is 24.8 Å². The van der Waals surface area contributed by atoms with Gasteiger partial charge in [0.05, 0.1) is 0 Å².